The van der Waals surface area contributed by atoms with E-state index in [4.69, 9.17) is 0 Å². The number of sulfonamides is 1. The Morgan fingerprint density at radius 2 is 2.14 bits per heavy atom. The molecule has 0 N–H and O–H groups in total. The number of halogens is 1. The molecule has 1 heterocycles. The average molecular weight is 377 g/mol. The Morgan fingerprint density at radius 3 is 2.76 bits per heavy atom. The average Bonchev–Trinajstić information content (AvgIpc) is 2.46. The molecule has 21 heavy (non-hydrogen) atoms. The summed E-state index contributed by atoms with van der Waals surface area (Å²) in [5, 5.41) is 11.1. The lowest BCUT2D eigenvalue weighted by Crippen LogP contribution is -2.43. The van der Waals surface area contributed by atoms with Gasteiger partial charge in [0.2, 0.25) is 10.0 Å². The fourth-order valence-electron chi connectivity index (χ4n) is 2.67. The van der Waals surface area contributed by atoms with Gasteiger partial charge in [0.15, 0.2) is 4.90 Å². The number of nitrogens with zero attached hydrogens (tertiary/aromatic N) is 2. The lowest BCUT2D eigenvalue weighted by Gasteiger charge is -2.33. The van der Waals surface area contributed by atoms with E-state index in [0.717, 1.165) is 19.3 Å². The van der Waals surface area contributed by atoms with Gasteiger partial charge in [-0.1, -0.05) is 29.3 Å². The van der Waals surface area contributed by atoms with Crippen LogP contribution in [0.4, 0.5) is 5.69 Å². The number of piperidine rings is 1. The maximum atomic E-state index is 12.8. The molecule has 0 saturated carbocycles. The van der Waals surface area contributed by atoms with Gasteiger partial charge < -0.3 is 0 Å². The van der Waals surface area contributed by atoms with Gasteiger partial charge in [0, 0.05) is 23.1 Å². The minimum atomic E-state index is -3.86. The minimum absolute atomic E-state index is 0.0812. The first-order valence-electron chi connectivity index (χ1n) is 6.83. The molecule has 6 nitrogen and oxygen atoms in total. The van der Waals surface area contributed by atoms with Crippen LogP contribution in [0.5, 0.6) is 0 Å². The number of nitro groups is 1. The first-order valence-corrected chi connectivity index (χ1v) is 9.07. The van der Waals surface area contributed by atoms with E-state index in [0.29, 0.717) is 17.4 Å². The van der Waals surface area contributed by atoms with Crippen LogP contribution in [0.15, 0.2) is 27.6 Å². The Bertz CT molecular complexity index is 648. The monoisotopic (exact) mass is 376 g/mol. The molecule has 1 saturated heterocycles. The van der Waals surface area contributed by atoms with Crippen molar-refractivity contribution in [3.05, 3.63) is 32.8 Å². The molecule has 1 aliphatic heterocycles. The van der Waals surface area contributed by atoms with E-state index in [9.17, 15) is 18.5 Å². The lowest BCUT2D eigenvalue weighted by atomic mass is 10.0. The van der Waals surface area contributed by atoms with Crippen molar-refractivity contribution >= 4 is 31.6 Å². The van der Waals surface area contributed by atoms with Crippen LogP contribution >= 0.6 is 15.9 Å². The molecule has 1 aromatic rings. The van der Waals surface area contributed by atoms with Gasteiger partial charge in [0.25, 0.3) is 5.69 Å². The fraction of sp³-hybridized carbons (Fsp3) is 0.538. The zero-order valence-electron chi connectivity index (χ0n) is 11.7. The molecule has 1 fully saturated rings. The van der Waals surface area contributed by atoms with Crippen LogP contribution in [0.1, 0.15) is 32.6 Å². The summed E-state index contributed by atoms with van der Waals surface area (Å²) in [6.45, 7) is 2.36. The second kappa shape index (κ2) is 6.41. The summed E-state index contributed by atoms with van der Waals surface area (Å²) >= 11 is 3.19. The van der Waals surface area contributed by atoms with Gasteiger partial charge in [-0.3, -0.25) is 10.1 Å². The molecular formula is C13H17BrN2O4S. The third-order valence-corrected chi connectivity index (χ3v) is 6.22. The van der Waals surface area contributed by atoms with Crippen LogP contribution in [0.25, 0.3) is 0 Å². The van der Waals surface area contributed by atoms with Crippen molar-refractivity contribution in [2.75, 3.05) is 6.54 Å². The van der Waals surface area contributed by atoms with Crippen molar-refractivity contribution in [2.24, 2.45) is 0 Å². The quantitative estimate of drug-likeness (QED) is 0.596. The standard InChI is InChI=1S/C13H17BrN2O4S/c1-2-11-5-3-4-8-15(11)21(19,20)13-9-10(14)6-7-12(13)16(17)18/h6-7,9,11H,2-5,8H2,1H3. The summed E-state index contributed by atoms with van der Waals surface area (Å²) in [5.74, 6) is 0. The van der Waals surface area contributed by atoms with Gasteiger partial charge >= 0.3 is 0 Å². The van der Waals surface area contributed by atoms with Crippen LogP contribution in [0.2, 0.25) is 0 Å². The molecule has 1 atom stereocenters. The summed E-state index contributed by atoms with van der Waals surface area (Å²) < 4.78 is 27.6. The predicted octanol–water partition coefficient (Wildman–Crippen LogP) is 3.31. The van der Waals surface area contributed by atoms with Crippen molar-refractivity contribution in [3.8, 4) is 0 Å². The van der Waals surface area contributed by atoms with Crippen molar-refractivity contribution in [2.45, 2.75) is 43.5 Å². The third-order valence-electron chi connectivity index (χ3n) is 3.75. The normalized spacial score (nSPS) is 20.4. The van der Waals surface area contributed by atoms with Gasteiger partial charge in [0.05, 0.1) is 4.92 Å². The van der Waals surface area contributed by atoms with E-state index < -0.39 is 14.9 Å². The maximum Gasteiger partial charge on any atom is 0.289 e. The Morgan fingerprint density at radius 1 is 1.43 bits per heavy atom. The summed E-state index contributed by atoms with van der Waals surface area (Å²) in [4.78, 5) is 10.2. The van der Waals surface area contributed by atoms with Gasteiger partial charge in [0.1, 0.15) is 0 Å². The highest BCUT2D eigenvalue weighted by Gasteiger charge is 2.36. The van der Waals surface area contributed by atoms with E-state index in [2.05, 4.69) is 15.9 Å². The second-order valence-electron chi connectivity index (χ2n) is 5.04. The lowest BCUT2D eigenvalue weighted by molar-refractivity contribution is -0.387. The molecule has 0 aliphatic carbocycles. The number of rotatable bonds is 4. The molecule has 0 aromatic heterocycles. The topological polar surface area (TPSA) is 80.5 Å². The zero-order valence-corrected chi connectivity index (χ0v) is 14.1. The highest BCUT2D eigenvalue weighted by Crippen LogP contribution is 2.33. The molecule has 0 amide bonds. The molecule has 116 valence electrons. The van der Waals surface area contributed by atoms with E-state index in [1.54, 1.807) is 0 Å². The smallest absolute Gasteiger partial charge is 0.258 e. The first-order chi connectivity index (χ1) is 9.87. The number of benzene rings is 1. The largest absolute Gasteiger partial charge is 0.289 e. The Balaban J connectivity index is 2.53. The number of hydrogen-bond donors (Lipinski definition) is 0. The van der Waals surface area contributed by atoms with Crippen LogP contribution < -0.4 is 0 Å². The fourth-order valence-corrected chi connectivity index (χ4v) is 5.13. The molecule has 1 unspecified atom stereocenters. The summed E-state index contributed by atoms with van der Waals surface area (Å²) in [6.07, 6.45) is 3.29. The number of nitro benzene ring substituents is 1. The molecule has 0 bridgehead atoms. The number of hydrogen-bond acceptors (Lipinski definition) is 4. The summed E-state index contributed by atoms with van der Waals surface area (Å²) in [5.41, 5.74) is -0.376. The van der Waals surface area contributed by atoms with Crippen LogP contribution in [-0.4, -0.2) is 30.2 Å². The highest BCUT2D eigenvalue weighted by atomic mass is 79.9. The molecule has 0 radical (unpaired) electrons. The molecule has 1 aromatic carbocycles. The van der Waals surface area contributed by atoms with E-state index in [-0.39, 0.29) is 16.6 Å². The van der Waals surface area contributed by atoms with Gasteiger partial charge in [-0.2, -0.15) is 4.31 Å². The molecule has 0 spiro atoms. The van der Waals surface area contributed by atoms with Crippen LogP contribution in [0, 0.1) is 10.1 Å². The highest BCUT2D eigenvalue weighted by molar-refractivity contribution is 9.10. The molecule has 2 rings (SSSR count). The Labute approximate surface area is 132 Å². The molecular weight excluding hydrogens is 360 g/mol. The zero-order chi connectivity index (χ0) is 15.6. The molecule has 8 heteroatoms. The third kappa shape index (κ3) is 3.27. The summed E-state index contributed by atoms with van der Waals surface area (Å²) in [7, 11) is -3.86. The molecule has 1 aliphatic rings. The minimum Gasteiger partial charge on any atom is -0.258 e. The van der Waals surface area contributed by atoms with Crippen LogP contribution in [0.3, 0.4) is 0 Å². The van der Waals surface area contributed by atoms with Gasteiger partial charge in [-0.25, -0.2) is 8.42 Å². The van der Waals surface area contributed by atoms with Crippen molar-refractivity contribution < 1.29 is 13.3 Å². The first kappa shape index (κ1) is 16.4. The summed E-state index contributed by atoms with van der Waals surface area (Å²) in [6, 6.07) is 3.93. The van der Waals surface area contributed by atoms with Crippen LogP contribution in [-0.2, 0) is 10.0 Å². The van der Waals surface area contributed by atoms with Crippen molar-refractivity contribution in [1.29, 1.82) is 0 Å². The second-order valence-corrected chi connectivity index (χ2v) is 7.82. The van der Waals surface area contributed by atoms with Crippen molar-refractivity contribution in [3.63, 3.8) is 0 Å². The van der Waals surface area contributed by atoms with Gasteiger partial charge in [-0.15, -0.1) is 0 Å². The Kier molecular flexibility index (Phi) is 5.00. The van der Waals surface area contributed by atoms with E-state index in [1.807, 2.05) is 6.92 Å². The van der Waals surface area contributed by atoms with Gasteiger partial charge in [-0.05, 0) is 31.4 Å². The van der Waals surface area contributed by atoms with Crippen molar-refractivity contribution in [1.82, 2.24) is 4.31 Å². The van der Waals surface area contributed by atoms with E-state index in [1.165, 1.54) is 22.5 Å². The SMILES string of the molecule is CCC1CCCCN1S(=O)(=O)c1cc(Br)ccc1[N+](=O)[O-]. The predicted molar refractivity (Wildman–Crippen MR) is 82.6 cm³/mol. The Hall–Kier alpha value is -0.990. The van der Waals surface area contributed by atoms with E-state index >= 15 is 0 Å². The maximum absolute atomic E-state index is 12.8.